The first kappa shape index (κ1) is 35.8. The van der Waals surface area contributed by atoms with Gasteiger partial charge in [0.1, 0.15) is 41.4 Å². The second kappa shape index (κ2) is 13.9. The summed E-state index contributed by atoms with van der Waals surface area (Å²) in [5.41, 5.74) is -2.05. The molecule has 3 saturated heterocycles. The number of phenols is 1. The van der Waals surface area contributed by atoms with Crippen molar-refractivity contribution in [1.29, 1.82) is 5.41 Å². The lowest BCUT2D eigenvalue weighted by atomic mass is 9.91. The van der Waals surface area contributed by atoms with E-state index in [1.54, 1.807) is 0 Å². The number of ether oxygens (including phenoxy) is 2. The van der Waals surface area contributed by atoms with E-state index < -0.39 is 57.9 Å². The minimum Gasteiger partial charge on any atom is -0.508 e. The number of rotatable bonds is 5. The van der Waals surface area contributed by atoms with Crippen LogP contribution < -0.4 is 9.64 Å². The van der Waals surface area contributed by atoms with Crippen LogP contribution >= 0.6 is 0 Å². The molecule has 0 saturated carbocycles. The van der Waals surface area contributed by atoms with Crippen molar-refractivity contribution in [3.05, 3.63) is 52.5 Å². The number of nitrogens with zero attached hydrogens (tertiary/aromatic N) is 4. The Morgan fingerprint density at radius 2 is 1.80 bits per heavy atom. The molecular weight excluding hydrogens is 663 g/mol. The molecule has 7 N–H and O–H groups in total. The predicted octanol–water partition coefficient (Wildman–Crippen LogP) is 3.02. The molecule has 16 heteroatoms. The largest absolute Gasteiger partial charge is 0.508 e. The van der Waals surface area contributed by atoms with Gasteiger partial charge in [-0.15, -0.1) is 0 Å². The van der Waals surface area contributed by atoms with Crippen LogP contribution in [0.4, 0.5) is 19.0 Å². The van der Waals surface area contributed by atoms with E-state index in [2.05, 4.69) is 14.9 Å². The first-order chi connectivity index (χ1) is 23.7. The standard InChI is InChI=1S/C27H28F2N4O8.C7H12FN/c1-40-25-31-22(20-23(30)41-12-15-5-3-2-4-8-33(15)24(20)32-25)18(29)11-14-10-16(34)9-13-6-7-17(28)21(19(13)14)26(35,36)27(37,38)39;8-6-4-7-2-1-3-9(7)5-6/h6-7,9-11,15,30,34-39H,2-5,8,12H2,1H3;6-7H,1-5H2/b18-11-,30-23?;. The van der Waals surface area contributed by atoms with Gasteiger partial charge in [0.2, 0.25) is 5.90 Å². The highest BCUT2D eigenvalue weighted by molar-refractivity contribution is 6.04. The van der Waals surface area contributed by atoms with Gasteiger partial charge in [0.15, 0.2) is 5.83 Å². The number of phenolic OH excluding ortho intramolecular Hbond substituents is 1. The fourth-order valence-corrected chi connectivity index (χ4v) is 7.30. The van der Waals surface area contributed by atoms with Crippen LogP contribution in [0.1, 0.15) is 67.3 Å². The topological polar surface area (TPSA) is 196 Å². The lowest BCUT2D eigenvalue weighted by Crippen LogP contribution is -2.52. The number of anilines is 1. The van der Waals surface area contributed by atoms with E-state index in [1.807, 2.05) is 4.90 Å². The van der Waals surface area contributed by atoms with Gasteiger partial charge in [0.25, 0.3) is 5.79 Å². The van der Waals surface area contributed by atoms with Crippen LogP contribution in [0.25, 0.3) is 22.7 Å². The number of nitrogens with one attached hydrogen (secondary N) is 1. The number of hydrogen-bond acceptors (Lipinski definition) is 13. The third kappa shape index (κ3) is 6.83. The Hall–Kier alpha value is -4.06. The highest BCUT2D eigenvalue weighted by atomic mass is 19.1. The Morgan fingerprint density at radius 3 is 2.52 bits per heavy atom. The quantitative estimate of drug-likeness (QED) is 0.192. The molecule has 5 heterocycles. The van der Waals surface area contributed by atoms with E-state index in [0.717, 1.165) is 69.0 Å². The maximum Gasteiger partial charge on any atom is 0.337 e. The number of alkyl halides is 1. The Labute approximate surface area is 285 Å². The van der Waals surface area contributed by atoms with Crippen LogP contribution in [-0.4, -0.2) is 109 Å². The van der Waals surface area contributed by atoms with Gasteiger partial charge < -0.3 is 45.0 Å². The zero-order chi connectivity index (χ0) is 36.0. The Balaban J connectivity index is 0.000000412. The minimum atomic E-state index is -4.23. The molecule has 4 aliphatic heterocycles. The zero-order valence-corrected chi connectivity index (χ0v) is 27.3. The molecule has 3 atom stereocenters. The smallest absolute Gasteiger partial charge is 0.337 e. The van der Waals surface area contributed by atoms with Crippen LogP contribution in [0.2, 0.25) is 0 Å². The molecule has 2 aromatic carbocycles. The number of aromatic nitrogens is 2. The second-order valence-corrected chi connectivity index (χ2v) is 13.1. The van der Waals surface area contributed by atoms with Gasteiger partial charge in [-0.25, -0.2) is 13.2 Å². The van der Waals surface area contributed by atoms with E-state index in [1.165, 1.54) is 20.0 Å². The molecule has 0 radical (unpaired) electrons. The number of aromatic hydroxyl groups is 1. The maximum atomic E-state index is 16.3. The fraction of sp³-hybridized carbons (Fsp3) is 0.500. The average molecular weight is 704 g/mol. The van der Waals surface area contributed by atoms with Crippen molar-refractivity contribution in [3.8, 4) is 11.8 Å². The summed E-state index contributed by atoms with van der Waals surface area (Å²) in [5, 5.41) is 67.8. The number of halogens is 3. The van der Waals surface area contributed by atoms with Crippen LogP contribution in [0.3, 0.4) is 0 Å². The Kier molecular flexibility index (Phi) is 9.96. The van der Waals surface area contributed by atoms with E-state index in [4.69, 9.17) is 14.9 Å². The highest BCUT2D eigenvalue weighted by Crippen LogP contribution is 2.41. The van der Waals surface area contributed by atoms with Crippen LogP contribution in [0, 0.1) is 11.2 Å². The zero-order valence-electron chi connectivity index (χ0n) is 27.3. The summed E-state index contributed by atoms with van der Waals surface area (Å²) >= 11 is 0. The summed E-state index contributed by atoms with van der Waals surface area (Å²) in [4.78, 5) is 12.7. The number of aliphatic hydroxyl groups is 5. The molecule has 3 aromatic rings. The van der Waals surface area contributed by atoms with Gasteiger partial charge in [-0.1, -0.05) is 18.9 Å². The van der Waals surface area contributed by atoms with Crippen molar-refractivity contribution in [3.63, 3.8) is 0 Å². The number of hydrogen-bond donors (Lipinski definition) is 7. The van der Waals surface area contributed by atoms with Crippen LogP contribution in [0.15, 0.2) is 24.3 Å². The molecular formula is C34H40F3N5O8. The Bertz CT molecular complexity index is 1790. The van der Waals surface area contributed by atoms with Gasteiger partial charge in [0, 0.05) is 24.5 Å². The predicted molar refractivity (Wildman–Crippen MR) is 175 cm³/mol. The van der Waals surface area contributed by atoms with Crippen LogP contribution in [0.5, 0.6) is 11.8 Å². The van der Waals surface area contributed by atoms with Gasteiger partial charge >= 0.3 is 12.0 Å². The lowest BCUT2D eigenvalue weighted by molar-refractivity contribution is -0.454. The van der Waals surface area contributed by atoms with Gasteiger partial charge in [-0.2, -0.15) is 9.97 Å². The average Bonchev–Trinajstić information content (AvgIpc) is 3.50. The summed E-state index contributed by atoms with van der Waals surface area (Å²) in [5.74, 6) is -11.3. The summed E-state index contributed by atoms with van der Waals surface area (Å²) in [6.07, 6.45) is 7.10. The van der Waals surface area contributed by atoms with E-state index >= 15 is 4.39 Å². The Morgan fingerprint density at radius 1 is 1.04 bits per heavy atom. The molecule has 1 aromatic heterocycles. The van der Waals surface area contributed by atoms with E-state index in [-0.39, 0.29) is 41.0 Å². The number of benzene rings is 2. The first-order valence-corrected chi connectivity index (χ1v) is 16.5. The molecule has 50 heavy (non-hydrogen) atoms. The van der Waals surface area contributed by atoms with Crippen molar-refractivity contribution < 1.29 is 53.3 Å². The summed E-state index contributed by atoms with van der Waals surface area (Å²) in [7, 11) is 1.29. The molecule has 13 nitrogen and oxygen atoms in total. The summed E-state index contributed by atoms with van der Waals surface area (Å²) in [6.45, 7) is 2.59. The minimum absolute atomic E-state index is 0.0697. The van der Waals surface area contributed by atoms with E-state index in [0.29, 0.717) is 19.1 Å². The first-order valence-electron chi connectivity index (χ1n) is 16.5. The third-order valence-corrected chi connectivity index (χ3v) is 9.71. The third-order valence-electron chi connectivity index (χ3n) is 9.71. The molecule has 3 unspecified atom stereocenters. The maximum absolute atomic E-state index is 16.3. The van der Waals surface area contributed by atoms with Gasteiger partial charge in [0.05, 0.1) is 18.7 Å². The van der Waals surface area contributed by atoms with Gasteiger partial charge in [-0.3, -0.25) is 10.3 Å². The number of methoxy groups -OCH3 is 1. The molecule has 0 amide bonds. The summed E-state index contributed by atoms with van der Waals surface area (Å²) < 4.78 is 54.7. The van der Waals surface area contributed by atoms with Crippen molar-refractivity contribution in [2.45, 2.75) is 75.0 Å². The van der Waals surface area contributed by atoms with Crippen molar-refractivity contribution >= 4 is 34.4 Å². The molecule has 0 spiro atoms. The fourth-order valence-electron chi connectivity index (χ4n) is 7.30. The molecule has 4 aliphatic rings. The normalized spacial score (nSPS) is 22.9. The van der Waals surface area contributed by atoms with Crippen LogP contribution in [-0.2, 0) is 10.5 Å². The summed E-state index contributed by atoms with van der Waals surface area (Å²) in [6, 6.07) is 4.17. The SMILES string of the molecule is COc1nc(/C(F)=C/c2cc(O)cc3ccc(F)c(C(O)(O)C(O)(O)O)c23)c2c(n1)N1CCCCCC1COC2=N.FC1CC2CCCN2C1. The molecule has 0 bridgehead atoms. The highest BCUT2D eigenvalue weighted by Gasteiger charge is 2.51. The second-order valence-electron chi connectivity index (χ2n) is 13.1. The van der Waals surface area contributed by atoms with Crippen molar-refractivity contribution in [1.82, 2.24) is 14.9 Å². The molecule has 7 rings (SSSR count). The van der Waals surface area contributed by atoms with Crippen molar-refractivity contribution in [2.24, 2.45) is 0 Å². The van der Waals surface area contributed by atoms with E-state index in [9.17, 15) is 39.4 Å². The molecule has 3 fully saturated rings. The monoisotopic (exact) mass is 703 g/mol. The lowest BCUT2D eigenvalue weighted by Gasteiger charge is -2.31. The van der Waals surface area contributed by atoms with Crippen molar-refractivity contribution in [2.75, 3.05) is 38.3 Å². The molecule has 0 aliphatic carbocycles. The number of fused-ring (bicyclic) bond motifs is 5. The molecule has 270 valence electrons. The van der Waals surface area contributed by atoms with Gasteiger partial charge in [-0.05, 0) is 73.9 Å².